The molecule has 0 atom stereocenters. The third kappa shape index (κ3) is 3.79. The van der Waals surface area contributed by atoms with Crippen LogP contribution in [0.3, 0.4) is 0 Å². The topological polar surface area (TPSA) is 69.0 Å². The summed E-state index contributed by atoms with van der Waals surface area (Å²) >= 11 is 7.67. The van der Waals surface area contributed by atoms with Crippen molar-refractivity contribution in [3.63, 3.8) is 0 Å². The van der Waals surface area contributed by atoms with Gasteiger partial charge in [0.1, 0.15) is 10.7 Å². The normalized spacial score (nSPS) is 10.8. The highest BCUT2D eigenvalue weighted by molar-refractivity contribution is 7.14. The van der Waals surface area contributed by atoms with Gasteiger partial charge in [0.05, 0.1) is 24.2 Å². The first-order valence-corrected chi connectivity index (χ1v) is 10.1. The summed E-state index contributed by atoms with van der Waals surface area (Å²) in [5.74, 6) is -0.742. The standard InChI is InChI=1S/C21H16ClFN4O2S/c1-12-18(19(22)27(26-12)14-6-4-3-5-7-14)20(28)25-21-24-16(11-30-21)13-8-9-17(29-2)15(23)10-13/h3-11H,1-2H3,(H,24,25,28). The van der Waals surface area contributed by atoms with E-state index in [1.54, 1.807) is 18.4 Å². The molecule has 30 heavy (non-hydrogen) atoms. The van der Waals surface area contributed by atoms with Crippen molar-refractivity contribution in [3.8, 4) is 22.7 Å². The van der Waals surface area contributed by atoms with Crippen LogP contribution in [0.25, 0.3) is 16.9 Å². The summed E-state index contributed by atoms with van der Waals surface area (Å²) in [4.78, 5) is 17.2. The van der Waals surface area contributed by atoms with Crippen LogP contribution in [0.2, 0.25) is 5.15 Å². The Kier molecular flexibility index (Phi) is 5.52. The highest BCUT2D eigenvalue weighted by atomic mass is 35.5. The molecule has 0 fully saturated rings. The predicted octanol–water partition coefficient (Wildman–Crippen LogP) is 5.36. The van der Waals surface area contributed by atoms with Crippen molar-refractivity contribution in [3.05, 3.63) is 76.1 Å². The van der Waals surface area contributed by atoms with Crippen LogP contribution in [0.1, 0.15) is 16.1 Å². The van der Waals surface area contributed by atoms with E-state index in [0.29, 0.717) is 22.1 Å². The number of para-hydroxylation sites is 1. The van der Waals surface area contributed by atoms with E-state index in [2.05, 4.69) is 15.4 Å². The second-order valence-corrected chi connectivity index (χ2v) is 7.56. The fraction of sp³-hybridized carbons (Fsp3) is 0.0952. The molecular weight excluding hydrogens is 427 g/mol. The van der Waals surface area contributed by atoms with Gasteiger partial charge in [-0.3, -0.25) is 10.1 Å². The fourth-order valence-electron chi connectivity index (χ4n) is 2.95. The van der Waals surface area contributed by atoms with Crippen LogP contribution in [0.4, 0.5) is 9.52 Å². The Labute approximate surface area is 180 Å². The summed E-state index contributed by atoms with van der Waals surface area (Å²) in [6.45, 7) is 1.72. The van der Waals surface area contributed by atoms with Gasteiger partial charge in [0.25, 0.3) is 5.91 Å². The number of benzene rings is 2. The first-order chi connectivity index (χ1) is 14.5. The number of ether oxygens (including phenoxy) is 1. The molecule has 0 saturated heterocycles. The number of nitrogens with one attached hydrogen (secondary N) is 1. The van der Waals surface area contributed by atoms with Gasteiger partial charge in [-0.2, -0.15) is 5.10 Å². The first-order valence-electron chi connectivity index (χ1n) is 8.89. The number of thiazole rings is 1. The molecule has 0 saturated carbocycles. The number of aryl methyl sites for hydroxylation is 1. The monoisotopic (exact) mass is 442 g/mol. The molecule has 0 aliphatic heterocycles. The molecule has 1 amide bonds. The lowest BCUT2D eigenvalue weighted by atomic mass is 10.1. The van der Waals surface area contributed by atoms with E-state index in [-0.39, 0.29) is 16.5 Å². The van der Waals surface area contributed by atoms with Crippen molar-refractivity contribution in [2.45, 2.75) is 6.92 Å². The summed E-state index contributed by atoms with van der Waals surface area (Å²) in [5.41, 5.74) is 2.64. The number of rotatable bonds is 5. The summed E-state index contributed by atoms with van der Waals surface area (Å²) in [6.07, 6.45) is 0. The van der Waals surface area contributed by atoms with Gasteiger partial charge in [0, 0.05) is 10.9 Å². The second kappa shape index (κ2) is 8.25. The number of halogens is 2. The van der Waals surface area contributed by atoms with E-state index >= 15 is 0 Å². The van der Waals surface area contributed by atoms with Crippen LogP contribution in [-0.2, 0) is 0 Å². The van der Waals surface area contributed by atoms with Gasteiger partial charge < -0.3 is 4.74 Å². The smallest absolute Gasteiger partial charge is 0.262 e. The Morgan fingerprint density at radius 3 is 2.70 bits per heavy atom. The molecule has 1 N–H and O–H groups in total. The quantitative estimate of drug-likeness (QED) is 0.452. The zero-order valence-electron chi connectivity index (χ0n) is 16.0. The van der Waals surface area contributed by atoms with E-state index in [9.17, 15) is 9.18 Å². The fourth-order valence-corrected chi connectivity index (χ4v) is 4.02. The molecule has 0 unspecified atom stereocenters. The minimum Gasteiger partial charge on any atom is -0.494 e. The molecular formula is C21H16ClFN4O2S. The maximum Gasteiger partial charge on any atom is 0.262 e. The average Bonchev–Trinajstić information content (AvgIpc) is 3.32. The first kappa shape index (κ1) is 20.1. The van der Waals surface area contributed by atoms with E-state index < -0.39 is 11.7 Å². The second-order valence-electron chi connectivity index (χ2n) is 6.34. The van der Waals surface area contributed by atoms with Gasteiger partial charge >= 0.3 is 0 Å². The maximum atomic E-state index is 14.0. The molecule has 6 nitrogen and oxygen atoms in total. The lowest BCUT2D eigenvalue weighted by Crippen LogP contribution is -2.13. The van der Waals surface area contributed by atoms with Crippen LogP contribution in [-0.4, -0.2) is 27.8 Å². The number of amides is 1. The third-order valence-electron chi connectivity index (χ3n) is 4.40. The highest BCUT2D eigenvalue weighted by Gasteiger charge is 2.22. The Morgan fingerprint density at radius 1 is 1.23 bits per heavy atom. The lowest BCUT2D eigenvalue weighted by Gasteiger charge is -2.04. The van der Waals surface area contributed by atoms with Crippen molar-refractivity contribution in [1.82, 2.24) is 14.8 Å². The number of aromatic nitrogens is 3. The van der Waals surface area contributed by atoms with E-state index in [0.717, 1.165) is 5.69 Å². The van der Waals surface area contributed by atoms with Crippen LogP contribution >= 0.6 is 22.9 Å². The van der Waals surface area contributed by atoms with Gasteiger partial charge in [-0.1, -0.05) is 29.8 Å². The predicted molar refractivity (Wildman–Crippen MR) is 115 cm³/mol. The number of nitrogens with zero attached hydrogens (tertiary/aromatic N) is 3. The Hall–Kier alpha value is -3.23. The number of hydrogen-bond acceptors (Lipinski definition) is 5. The molecule has 2 heterocycles. The van der Waals surface area contributed by atoms with E-state index in [4.69, 9.17) is 16.3 Å². The molecule has 152 valence electrons. The van der Waals surface area contributed by atoms with Crippen molar-refractivity contribution in [1.29, 1.82) is 0 Å². The Morgan fingerprint density at radius 2 is 2.00 bits per heavy atom. The summed E-state index contributed by atoms with van der Waals surface area (Å²) in [6, 6.07) is 13.9. The molecule has 9 heteroatoms. The number of carbonyl (C=O) groups is 1. The van der Waals surface area contributed by atoms with Crippen molar-refractivity contribution < 1.29 is 13.9 Å². The minimum atomic E-state index is -0.482. The number of methoxy groups -OCH3 is 1. The molecule has 2 aromatic carbocycles. The van der Waals surface area contributed by atoms with Crippen molar-refractivity contribution in [2.24, 2.45) is 0 Å². The average molecular weight is 443 g/mol. The SMILES string of the molecule is COc1ccc(-c2csc(NC(=O)c3c(C)nn(-c4ccccc4)c3Cl)n2)cc1F. The van der Waals surface area contributed by atoms with Crippen LogP contribution in [0.15, 0.2) is 53.9 Å². The Bertz CT molecular complexity index is 1220. The Balaban J connectivity index is 1.57. The minimum absolute atomic E-state index is 0.156. The highest BCUT2D eigenvalue weighted by Crippen LogP contribution is 2.30. The third-order valence-corrected chi connectivity index (χ3v) is 5.51. The van der Waals surface area contributed by atoms with Crippen molar-refractivity contribution in [2.75, 3.05) is 12.4 Å². The zero-order chi connectivity index (χ0) is 21.3. The molecule has 0 aliphatic rings. The lowest BCUT2D eigenvalue weighted by molar-refractivity contribution is 0.102. The van der Waals surface area contributed by atoms with Gasteiger partial charge in [0.15, 0.2) is 16.7 Å². The number of anilines is 1. The summed E-state index contributed by atoms with van der Waals surface area (Å²) in [7, 11) is 1.40. The largest absolute Gasteiger partial charge is 0.494 e. The van der Waals surface area contributed by atoms with Gasteiger partial charge in [-0.15, -0.1) is 11.3 Å². The molecule has 4 rings (SSSR count). The van der Waals surface area contributed by atoms with Crippen LogP contribution in [0.5, 0.6) is 5.75 Å². The zero-order valence-corrected chi connectivity index (χ0v) is 17.6. The molecule has 4 aromatic rings. The van der Waals surface area contributed by atoms with E-state index in [1.807, 2.05) is 30.3 Å². The number of hydrogen-bond donors (Lipinski definition) is 1. The van der Waals surface area contributed by atoms with Gasteiger partial charge in [0.2, 0.25) is 0 Å². The van der Waals surface area contributed by atoms with Crippen molar-refractivity contribution >= 4 is 34.0 Å². The summed E-state index contributed by atoms with van der Waals surface area (Å²) < 4.78 is 20.4. The molecule has 0 bridgehead atoms. The molecule has 2 aromatic heterocycles. The molecule has 0 aliphatic carbocycles. The molecule has 0 radical (unpaired) electrons. The number of carbonyl (C=O) groups excluding carboxylic acids is 1. The maximum absolute atomic E-state index is 14.0. The van der Waals surface area contributed by atoms with Gasteiger partial charge in [-0.25, -0.2) is 14.1 Å². The summed E-state index contributed by atoms with van der Waals surface area (Å²) in [5, 5.41) is 9.44. The molecule has 0 spiro atoms. The van der Waals surface area contributed by atoms with Gasteiger partial charge in [-0.05, 0) is 37.3 Å². The van der Waals surface area contributed by atoms with Crippen LogP contribution < -0.4 is 10.1 Å². The van der Waals surface area contributed by atoms with E-state index in [1.165, 1.54) is 35.3 Å². The van der Waals surface area contributed by atoms with Crippen LogP contribution in [0, 0.1) is 12.7 Å².